The number of nitrogens with one attached hydrogen (secondary N) is 1. The molecule has 0 saturated heterocycles. The summed E-state index contributed by atoms with van der Waals surface area (Å²) in [6.45, 7) is 0. The molecule has 0 amide bonds. The van der Waals surface area contributed by atoms with E-state index in [1.807, 2.05) is 24.3 Å². The van der Waals surface area contributed by atoms with Gasteiger partial charge in [0, 0.05) is 12.1 Å². The second-order valence-corrected chi connectivity index (χ2v) is 7.29. The Balaban J connectivity index is 1.95. The van der Waals surface area contributed by atoms with Crippen LogP contribution < -0.4 is 9.88 Å². The number of H-pyrrole nitrogens is 1. The summed E-state index contributed by atoms with van der Waals surface area (Å²) < 4.78 is 30.1. The first-order chi connectivity index (χ1) is 11.9. The van der Waals surface area contributed by atoms with Gasteiger partial charge in [-0.25, -0.2) is 13.6 Å². The predicted octanol–water partition coefficient (Wildman–Crippen LogP) is 2.18. The quantitative estimate of drug-likeness (QED) is 0.664. The van der Waals surface area contributed by atoms with Crippen LogP contribution in [0.15, 0.2) is 53.4 Å². The lowest BCUT2D eigenvalue weighted by molar-refractivity contribution is 0.414. The summed E-state index contributed by atoms with van der Waals surface area (Å²) in [5.41, 5.74) is 1.74. The molecule has 3 N–H and O–H groups in total. The second-order valence-electron chi connectivity index (χ2n) is 5.34. The topological polar surface area (TPSA) is 103 Å². The van der Waals surface area contributed by atoms with Crippen LogP contribution in [0.4, 0.5) is 0 Å². The Bertz CT molecular complexity index is 1040. The molecule has 0 aliphatic rings. The Morgan fingerprint density at radius 1 is 1.16 bits per heavy atom. The third-order valence-electron chi connectivity index (χ3n) is 3.69. The molecule has 3 rings (SSSR count). The lowest BCUT2D eigenvalue weighted by Crippen LogP contribution is -2.12. The van der Waals surface area contributed by atoms with Gasteiger partial charge in [-0.3, -0.25) is 9.67 Å². The van der Waals surface area contributed by atoms with E-state index in [-0.39, 0.29) is 4.90 Å². The largest absolute Gasteiger partial charge is 0.497 e. The van der Waals surface area contributed by atoms with Gasteiger partial charge in [0.15, 0.2) is 4.77 Å². The molecule has 0 aliphatic heterocycles. The van der Waals surface area contributed by atoms with Crippen molar-refractivity contribution >= 4 is 22.2 Å². The molecule has 0 saturated carbocycles. The van der Waals surface area contributed by atoms with Gasteiger partial charge in [0.25, 0.3) is 0 Å². The molecule has 0 fully saturated rings. The van der Waals surface area contributed by atoms with Crippen molar-refractivity contribution < 1.29 is 13.2 Å². The number of hydrogen-bond acceptors (Lipinski definition) is 5. The highest BCUT2D eigenvalue weighted by atomic mass is 32.2. The van der Waals surface area contributed by atoms with Gasteiger partial charge < -0.3 is 4.74 Å². The van der Waals surface area contributed by atoms with E-state index in [0.717, 1.165) is 11.3 Å². The molecule has 25 heavy (non-hydrogen) atoms. The number of sulfonamides is 1. The number of aromatic nitrogens is 3. The smallest absolute Gasteiger partial charge is 0.238 e. The molecule has 1 heterocycles. The van der Waals surface area contributed by atoms with Crippen molar-refractivity contribution in [1.29, 1.82) is 0 Å². The number of nitrogens with two attached hydrogens (primary N) is 1. The SMILES string of the molecule is COc1ccc(Cc2n[nH]c(=S)n2-c2ccc(S(N)(=O)=O)cc2)cc1. The van der Waals surface area contributed by atoms with Gasteiger partial charge in [-0.1, -0.05) is 12.1 Å². The third kappa shape index (κ3) is 3.78. The van der Waals surface area contributed by atoms with E-state index in [2.05, 4.69) is 10.2 Å². The monoisotopic (exact) mass is 376 g/mol. The maximum Gasteiger partial charge on any atom is 0.238 e. The van der Waals surface area contributed by atoms with E-state index in [0.29, 0.717) is 22.7 Å². The van der Waals surface area contributed by atoms with Crippen molar-refractivity contribution in [3.63, 3.8) is 0 Å². The number of primary sulfonamides is 1. The number of nitrogens with zero attached hydrogens (tertiary/aromatic N) is 2. The van der Waals surface area contributed by atoms with Gasteiger partial charge in [0.1, 0.15) is 11.6 Å². The molecule has 0 unspecified atom stereocenters. The molecule has 7 nitrogen and oxygen atoms in total. The van der Waals surface area contributed by atoms with Crippen molar-refractivity contribution in [1.82, 2.24) is 14.8 Å². The molecular weight excluding hydrogens is 360 g/mol. The number of ether oxygens (including phenoxy) is 1. The minimum atomic E-state index is -3.73. The van der Waals surface area contributed by atoms with Crippen molar-refractivity contribution in [2.24, 2.45) is 5.14 Å². The van der Waals surface area contributed by atoms with Crippen LogP contribution in [0.3, 0.4) is 0 Å². The normalized spacial score (nSPS) is 11.4. The second kappa shape index (κ2) is 6.79. The highest BCUT2D eigenvalue weighted by Crippen LogP contribution is 2.18. The van der Waals surface area contributed by atoms with Crippen LogP contribution in [-0.4, -0.2) is 30.3 Å². The minimum absolute atomic E-state index is 0.0444. The standard InChI is InChI=1S/C16H16N4O3S2/c1-23-13-6-2-11(3-7-13)10-15-18-19-16(24)20(15)12-4-8-14(9-5-12)25(17,21)22/h2-9H,10H2,1H3,(H,19,24)(H2,17,21,22). The highest BCUT2D eigenvalue weighted by Gasteiger charge is 2.12. The summed E-state index contributed by atoms with van der Waals surface area (Å²) in [5.74, 6) is 1.49. The van der Waals surface area contributed by atoms with Crippen LogP contribution in [0, 0.1) is 4.77 Å². The summed E-state index contributed by atoms with van der Waals surface area (Å²) >= 11 is 5.30. The maximum atomic E-state index is 11.4. The van der Waals surface area contributed by atoms with Gasteiger partial charge in [-0.15, -0.1) is 0 Å². The first-order valence-corrected chi connectivity index (χ1v) is 9.26. The molecule has 130 valence electrons. The summed E-state index contributed by atoms with van der Waals surface area (Å²) in [6, 6.07) is 13.8. The van der Waals surface area contributed by atoms with Crippen LogP contribution in [0.2, 0.25) is 0 Å². The van der Waals surface area contributed by atoms with Crippen molar-refractivity contribution in [3.05, 3.63) is 64.7 Å². The van der Waals surface area contributed by atoms with Gasteiger partial charge in [0.05, 0.1) is 12.0 Å². The molecule has 0 aliphatic carbocycles. The molecular formula is C16H16N4O3S2. The van der Waals surface area contributed by atoms with Crippen LogP contribution >= 0.6 is 12.2 Å². The lowest BCUT2D eigenvalue weighted by atomic mass is 10.1. The van der Waals surface area contributed by atoms with E-state index in [9.17, 15) is 8.42 Å². The maximum absolute atomic E-state index is 11.4. The summed E-state index contributed by atoms with van der Waals surface area (Å²) in [7, 11) is -2.12. The minimum Gasteiger partial charge on any atom is -0.497 e. The van der Waals surface area contributed by atoms with Gasteiger partial charge in [-0.05, 0) is 54.2 Å². The number of methoxy groups -OCH3 is 1. The Kier molecular flexibility index (Phi) is 4.71. The summed E-state index contributed by atoms with van der Waals surface area (Å²) in [4.78, 5) is 0.0444. The average Bonchev–Trinajstić information content (AvgIpc) is 2.95. The fourth-order valence-electron chi connectivity index (χ4n) is 2.43. The summed E-state index contributed by atoms with van der Waals surface area (Å²) in [5, 5.41) is 12.2. The molecule has 0 bridgehead atoms. The number of benzene rings is 2. The molecule has 9 heteroatoms. The van der Waals surface area contributed by atoms with Crippen molar-refractivity contribution in [2.75, 3.05) is 7.11 Å². The van der Waals surface area contributed by atoms with E-state index in [4.69, 9.17) is 22.1 Å². The fourth-order valence-corrected chi connectivity index (χ4v) is 3.20. The first kappa shape index (κ1) is 17.3. The molecule has 0 atom stereocenters. The Labute approximate surface area is 150 Å². The summed E-state index contributed by atoms with van der Waals surface area (Å²) in [6.07, 6.45) is 0.550. The Morgan fingerprint density at radius 3 is 2.36 bits per heavy atom. The first-order valence-electron chi connectivity index (χ1n) is 7.31. The highest BCUT2D eigenvalue weighted by molar-refractivity contribution is 7.89. The Hall–Kier alpha value is -2.49. The Morgan fingerprint density at radius 2 is 1.80 bits per heavy atom. The molecule has 2 aromatic carbocycles. The van der Waals surface area contributed by atoms with Crippen LogP contribution in [-0.2, 0) is 16.4 Å². The predicted molar refractivity (Wildman–Crippen MR) is 95.9 cm³/mol. The lowest BCUT2D eigenvalue weighted by Gasteiger charge is -2.08. The van der Waals surface area contributed by atoms with Gasteiger partial charge in [0.2, 0.25) is 10.0 Å². The molecule has 3 aromatic rings. The van der Waals surface area contributed by atoms with E-state index < -0.39 is 10.0 Å². The number of rotatable bonds is 5. The molecule has 0 radical (unpaired) electrons. The zero-order valence-electron chi connectivity index (χ0n) is 13.3. The van der Waals surface area contributed by atoms with Crippen LogP contribution in [0.5, 0.6) is 5.75 Å². The fraction of sp³-hybridized carbons (Fsp3) is 0.125. The zero-order chi connectivity index (χ0) is 18.0. The average molecular weight is 376 g/mol. The van der Waals surface area contributed by atoms with E-state index in [1.165, 1.54) is 12.1 Å². The number of hydrogen-bond donors (Lipinski definition) is 2. The van der Waals surface area contributed by atoms with Gasteiger partial charge in [-0.2, -0.15) is 5.10 Å². The van der Waals surface area contributed by atoms with E-state index >= 15 is 0 Å². The van der Waals surface area contributed by atoms with Crippen molar-refractivity contribution in [3.8, 4) is 11.4 Å². The van der Waals surface area contributed by atoms with Crippen molar-refractivity contribution in [2.45, 2.75) is 11.3 Å². The number of aromatic amines is 1. The molecule has 1 aromatic heterocycles. The van der Waals surface area contributed by atoms with E-state index in [1.54, 1.807) is 23.8 Å². The zero-order valence-corrected chi connectivity index (χ0v) is 15.0. The van der Waals surface area contributed by atoms with Crippen LogP contribution in [0.25, 0.3) is 5.69 Å². The third-order valence-corrected chi connectivity index (χ3v) is 4.89. The molecule has 0 spiro atoms. The van der Waals surface area contributed by atoms with Gasteiger partial charge >= 0.3 is 0 Å². The van der Waals surface area contributed by atoms with Crippen LogP contribution in [0.1, 0.15) is 11.4 Å².